The molecule has 10 heteroatoms. The summed E-state index contributed by atoms with van der Waals surface area (Å²) in [6, 6.07) is 12.4. The highest BCUT2D eigenvalue weighted by molar-refractivity contribution is 5.85. The topological polar surface area (TPSA) is 134 Å². The molecule has 0 aliphatic carbocycles. The van der Waals surface area contributed by atoms with E-state index in [1.165, 1.54) is 13.2 Å². The summed E-state index contributed by atoms with van der Waals surface area (Å²) in [4.78, 5) is 37.6. The van der Waals surface area contributed by atoms with Gasteiger partial charge in [-0.15, -0.1) is 0 Å². The molecule has 9 nitrogen and oxygen atoms in total. The number of nitrogens with two attached hydrogens (primary N) is 1. The maximum absolute atomic E-state index is 15.6. The molecule has 0 bridgehead atoms. The summed E-state index contributed by atoms with van der Waals surface area (Å²) in [7, 11) is 1.30. The van der Waals surface area contributed by atoms with Crippen LogP contribution in [-0.2, 0) is 26.3 Å². The van der Waals surface area contributed by atoms with Gasteiger partial charge in [0.15, 0.2) is 0 Å². The number of carbonyl (C=O) groups excluding carboxylic acids is 3. The fraction of sp³-hybridized carbons (Fsp3) is 0.500. The van der Waals surface area contributed by atoms with Crippen molar-refractivity contribution in [3.8, 4) is 11.1 Å². The number of hydrogen-bond acceptors (Lipinski definition) is 6. The Hall–Kier alpha value is -3.50. The maximum atomic E-state index is 15.6. The quantitative estimate of drug-likeness (QED) is 0.297. The molecule has 1 fully saturated rings. The molecule has 0 radical (unpaired) electrons. The third-order valence-electron chi connectivity index (χ3n) is 7.61. The molecule has 2 atom stereocenters. The largest absolute Gasteiger partial charge is 0.453 e. The number of nitrogens with zero attached hydrogens (tertiary/aromatic N) is 1. The molecule has 1 saturated heterocycles. The van der Waals surface area contributed by atoms with E-state index in [2.05, 4.69) is 15.4 Å². The van der Waals surface area contributed by atoms with Gasteiger partial charge in [-0.05, 0) is 61.3 Å². The van der Waals surface area contributed by atoms with E-state index < -0.39 is 23.4 Å². The zero-order chi connectivity index (χ0) is 29.1. The Balaban J connectivity index is 1.95. The van der Waals surface area contributed by atoms with E-state index in [0.29, 0.717) is 61.9 Å². The number of nitrogens with one attached hydrogen (secondary N) is 2. The van der Waals surface area contributed by atoms with Crippen LogP contribution >= 0.6 is 0 Å². The highest BCUT2D eigenvalue weighted by Gasteiger charge is 2.43. The normalized spacial score (nSPS) is 16.6. The zero-order valence-corrected chi connectivity index (χ0v) is 23.4. The second-order valence-electron chi connectivity index (χ2n) is 10.2. The molecule has 0 unspecified atom stereocenters. The van der Waals surface area contributed by atoms with E-state index in [9.17, 15) is 19.5 Å². The SMILES string of the molecule is CCc1cccc(-c2c(F)cccc2[C@](O)(CCCCNC(=O)OC)[C@@H]2CCCN(C(=O)CNC(=O)CN)C2)c1. The second kappa shape index (κ2) is 14.8. The molecule has 40 heavy (non-hydrogen) atoms. The Labute approximate surface area is 235 Å². The van der Waals surface area contributed by atoms with Crippen molar-refractivity contribution in [1.82, 2.24) is 15.5 Å². The van der Waals surface area contributed by atoms with Gasteiger partial charge < -0.3 is 31.1 Å². The van der Waals surface area contributed by atoms with Gasteiger partial charge in [-0.2, -0.15) is 0 Å². The zero-order valence-electron chi connectivity index (χ0n) is 23.4. The number of likely N-dealkylation sites (tertiary alicyclic amines) is 1. The lowest BCUT2D eigenvalue weighted by Gasteiger charge is -2.43. The van der Waals surface area contributed by atoms with E-state index in [1.807, 2.05) is 31.2 Å². The Bertz CT molecular complexity index is 1180. The lowest BCUT2D eigenvalue weighted by molar-refractivity contribution is -0.137. The van der Waals surface area contributed by atoms with Crippen molar-refractivity contribution in [2.75, 3.05) is 39.8 Å². The summed E-state index contributed by atoms with van der Waals surface area (Å²) < 4.78 is 20.2. The minimum Gasteiger partial charge on any atom is -0.453 e. The summed E-state index contributed by atoms with van der Waals surface area (Å²) in [5.74, 6) is -1.48. The Morgan fingerprint density at radius 3 is 2.67 bits per heavy atom. The van der Waals surface area contributed by atoms with E-state index in [1.54, 1.807) is 17.0 Å². The van der Waals surface area contributed by atoms with Gasteiger partial charge in [-0.1, -0.05) is 43.3 Å². The first-order chi connectivity index (χ1) is 19.2. The number of ether oxygens (including phenoxy) is 1. The highest BCUT2D eigenvalue weighted by atomic mass is 19.1. The number of carbonyl (C=O) groups is 3. The number of unbranched alkanes of at least 4 members (excludes halogenated alkanes) is 1. The average Bonchev–Trinajstić information content (AvgIpc) is 2.99. The number of aliphatic hydroxyl groups is 1. The minimum absolute atomic E-state index is 0.171. The number of benzene rings is 2. The molecule has 3 rings (SSSR count). The Morgan fingerprint density at radius 2 is 1.95 bits per heavy atom. The molecule has 2 aromatic carbocycles. The first-order valence-corrected chi connectivity index (χ1v) is 13.9. The van der Waals surface area contributed by atoms with Crippen LogP contribution in [0.5, 0.6) is 0 Å². The van der Waals surface area contributed by atoms with E-state index in [-0.39, 0.29) is 31.5 Å². The Kier molecular flexibility index (Phi) is 11.5. The van der Waals surface area contributed by atoms with Crippen LogP contribution in [0, 0.1) is 11.7 Å². The smallest absolute Gasteiger partial charge is 0.406 e. The van der Waals surface area contributed by atoms with Gasteiger partial charge in [0, 0.05) is 31.1 Å². The average molecular weight is 557 g/mol. The van der Waals surface area contributed by atoms with Gasteiger partial charge in [0.25, 0.3) is 0 Å². The van der Waals surface area contributed by atoms with Crippen molar-refractivity contribution in [1.29, 1.82) is 0 Å². The first-order valence-electron chi connectivity index (χ1n) is 13.9. The molecule has 3 amide bonds. The summed E-state index contributed by atoms with van der Waals surface area (Å²) in [5, 5.41) is 17.7. The fourth-order valence-corrected chi connectivity index (χ4v) is 5.42. The summed E-state index contributed by atoms with van der Waals surface area (Å²) in [5.41, 5.74) is 6.46. The van der Waals surface area contributed by atoms with E-state index >= 15 is 4.39 Å². The summed E-state index contributed by atoms with van der Waals surface area (Å²) in [6.07, 6.45) is 2.98. The maximum Gasteiger partial charge on any atom is 0.406 e. The monoisotopic (exact) mass is 556 g/mol. The molecule has 1 aliphatic heterocycles. The predicted molar refractivity (Wildman–Crippen MR) is 151 cm³/mol. The molecule has 0 spiro atoms. The summed E-state index contributed by atoms with van der Waals surface area (Å²) >= 11 is 0. The van der Waals surface area contributed by atoms with Crippen molar-refractivity contribution < 1.29 is 28.6 Å². The number of alkyl carbamates (subject to hydrolysis) is 1. The number of piperidine rings is 1. The minimum atomic E-state index is -1.45. The third-order valence-corrected chi connectivity index (χ3v) is 7.61. The van der Waals surface area contributed by atoms with Crippen LogP contribution in [0.1, 0.15) is 50.2 Å². The van der Waals surface area contributed by atoms with Gasteiger partial charge in [0.1, 0.15) is 5.82 Å². The van der Waals surface area contributed by atoms with Gasteiger partial charge in [-0.25, -0.2) is 9.18 Å². The third kappa shape index (κ3) is 7.79. The van der Waals surface area contributed by atoms with Crippen molar-refractivity contribution in [2.24, 2.45) is 11.7 Å². The molecule has 0 saturated carbocycles. The highest BCUT2D eigenvalue weighted by Crippen LogP contribution is 2.44. The van der Waals surface area contributed by atoms with Crippen molar-refractivity contribution >= 4 is 17.9 Å². The van der Waals surface area contributed by atoms with Gasteiger partial charge in [-0.3, -0.25) is 9.59 Å². The molecule has 1 aliphatic rings. The number of methoxy groups -OCH3 is 1. The molecular weight excluding hydrogens is 515 g/mol. The number of amides is 3. The van der Waals surface area contributed by atoms with Crippen LogP contribution in [0.25, 0.3) is 11.1 Å². The van der Waals surface area contributed by atoms with Crippen molar-refractivity contribution in [2.45, 2.75) is 51.0 Å². The van der Waals surface area contributed by atoms with Gasteiger partial charge in [0.2, 0.25) is 11.8 Å². The van der Waals surface area contributed by atoms with Crippen molar-refractivity contribution in [3.05, 3.63) is 59.4 Å². The molecular formula is C30H41FN4O5. The molecule has 1 heterocycles. The molecule has 5 N–H and O–H groups in total. The number of aryl methyl sites for hydroxylation is 1. The van der Waals surface area contributed by atoms with Crippen LogP contribution in [0.15, 0.2) is 42.5 Å². The number of hydrogen-bond donors (Lipinski definition) is 4. The lowest BCUT2D eigenvalue weighted by atomic mass is 9.72. The first kappa shape index (κ1) is 31.0. The molecule has 0 aromatic heterocycles. The standard InChI is InChI=1S/C30H41FN4O5/c1-3-21-9-6-10-22(17-21)28-24(12-7-13-25(28)31)30(39,14-4-5-15-33-29(38)40-2)23-11-8-16-35(20-23)27(37)19-34-26(36)18-32/h6-7,9-10,12-13,17,23,39H,3-5,8,11,14-16,18-20,32H2,1-2H3,(H,33,38)(H,34,36)/t23-,30+/m1/s1. The Morgan fingerprint density at radius 1 is 1.18 bits per heavy atom. The van der Waals surface area contributed by atoms with Crippen molar-refractivity contribution in [3.63, 3.8) is 0 Å². The van der Waals surface area contributed by atoms with Crippen LogP contribution in [0.3, 0.4) is 0 Å². The summed E-state index contributed by atoms with van der Waals surface area (Å²) in [6.45, 7) is 2.79. The fourth-order valence-electron chi connectivity index (χ4n) is 5.42. The lowest BCUT2D eigenvalue weighted by Crippen LogP contribution is -2.50. The van der Waals surface area contributed by atoms with Gasteiger partial charge >= 0.3 is 6.09 Å². The molecule has 2 aromatic rings. The van der Waals surface area contributed by atoms with Gasteiger partial charge in [0.05, 0.1) is 25.8 Å². The molecule has 218 valence electrons. The van der Waals surface area contributed by atoms with Crippen LogP contribution < -0.4 is 16.4 Å². The van der Waals surface area contributed by atoms with Crippen LogP contribution in [0.2, 0.25) is 0 Å². The number of halogens is 1. The predicted octanol–water partition coefficient (Wildman–Crippen LogP) is 3.08. The second-order valence-corrected chi connectivity index (χ2v) is 10.2. The van der Waals surface area contributed by atoms with Crippen LogP contribution in [0.4, 0.5) is 9.18 Å². The number of rotatable bonds is 12. The van der Waals surface area contributed by atoms with E-state index in [4.69, 9.17) is 5.73 Å². The van der Waals surface area contributed by atoms with Crippen LogP contribution in [-0.4, -0.2) is 67.7 Å². The van der Waals surface area contributed by atoms with E-state index in [0.717, 1.165) is 12.0 Å².